The third kappa shape index (κ3) is 5.44. The first-order valence-electron chi connectivity index (χ1n) is 8.74. The van der Waals surface area contributed by atoms with E-state index in [1.54, 1.807) is 0 Å². The van der Waals surface area contributed by atoms with E-state index >= 15 is 0 Å². The number of nitrogens with zero attached hydrogens (tertiary/aromatic N) is 1. The van der Waals surface area contributed by atoms with Crippen molar-refractivity contribution >= 4 is 0 Å². The molecule has 2 unspecified atom stereocenters. The summed E-state index contributed by atoms with van der Waals surface area (Å²) in [6.45, 7) is 11.2. The van der Waals surface area contributed by atoms with Gasteiger partial charge in [-0.2, -0.15) is 0 Å². The molecule has 0 spiro atoms. The molecule has 2 rings (SSSR count). The van der Waals surface area contributed by atoms with Crippen molar-refractivity contribution < 1.29 is 0 Å². The first-order chi connectivity index (χ1) is 10.2. The quantitative estimate of drug-likeness (QED) is 0.809. The van der Waals surface area contributed by atoms with Crippen molar-refractivity contribution in [3.63, 3.8) is 0 Å². The SMILES string of the molecule is CCN(CC)Cc1ccc(CNC2CCCC(C)C2)cc1. The minimum absolute atomic E-state index is 0.726. The highest BCUT2D eigenvalue weighted by molar-refractivity contribution is 5.22. The lowest BCUT2D eigenvalue weighted by Crippen LogP contribution is -2.33. The number of benzene rings is 1. The van der Waals surface area contributed by atoms with Crippen LogP contribution < -0.4 is 5.32 Å². The van der Waals surface area contributed by atoms with Crippen LogP contribution >= 0.6 is 0 Å². The zero-order valence-electron chi connectivity index (χ0n) is 14.1. The molecule has 0 heterocycles. The summed E-state index contributed by atoms with van der Waals surface area (Å²) in [6, 6.07) is 9.89. The summed E-state index contributed by atoms with van der Waals surface area (Å²) in [4.78, 5) is 2.46. The Morgan fingerprint density at radius 2 is 1.71 bits per heavy atom. The second-order valence-corrected chi connectivity index (χ2v) is 6.63. The Labute approximate surface area is 130 Å². The molecule has 0 amide bonds. The molecule has 1 aromatic carbocycles. The maximum Gasteiger partial charge on any atom is 0.0233 e. The third-order valence-electron chi connectivity index (χ3n) is 4.85. The minimum atomic E-state index is 0.726. The molecule has 1 N–H and O–H groups in total. The van der Waals surface area contributed by atoms with Crippen molar-refractivity contribution in [1.29, 1.82) is 0 Å². The highest BCUT2D eigenvalue weighted by atomic mass is 15.1. The number of hydrogen-bond donors (Lipinski definition) is 1. The Morgan fingerprint density at radius 1 is 1.05 bits per heavy atom. The molecule has 1 fully saturated rings. The van der Waals surface area contributed by atoms with Crippen LogP contribution in [0.15, 0.2) is 24.3 Å². The molecule has 2 nitrogen and oxygen atoms in total. The smallest absolute Gasteiger partial charge is 0.0233 e. The summed E-state index contributed by atoms with van der Waals surface area (Å²) in [5.41, 5.74) is 2.84. The zero-order chi connectivity index (χ0) is 15.1. The Bertz CT molecular complexity index is 395. The molecule has 1 aliphatic rings. The molecule has 0 aromatic heterocycles. The monoisotopic (exact) mass is 288 g/mol. The van der Waals surface area contributed by atoms with E-state index in [4.69, 9.17) is 0 Å². The van der Waals surface area contributed by atoms with Crippen LogP contribution in [0.5, 0.6) is 0 Å². The molecular weight excluding hydrogens is 256 g/mol. The van der Waals surface area contributed by atoms with Crippen molar-refractivity contribution in [3.8, 4) is 0 Å². The van der Waals surface area contributed by atoms with E-state index in [1.807, 2.05) is 0 Å². The van der Waals surface area contributed by atoms with Gasteiger partial charge in [-0.3, -0.25) is 4.90 Å². The van der Waals surface area contributed by atoms with Crippen LogP contribution in [-0.4, -0.2) is 24.0 Å². The molecule has 0 saturated heterocycles. The van der Waals surface area contributed by atoms with Crippen molar-refractivity contribution in [3.05, 3.63) is 35.4 Å². The minimum Gasteiger partial charge on any atom is -0.310 e. The Morgan fingerprint density at radius 3 is 2.33 bits per heavy atom. The predicted molar refractivity (Wildman–Crippen MR) is 91.3 cm³/mol. The van der Waals surface area contributed by atoms with E-state index in [0.717, 1.165) is 38.1 Å². The van der Waals surface area contributed by atoms with Gasteiger partial charge in [0.1, 0.15) is 0 Å². The van der Waals surface area contributed by atoms with Crippen molar-refractivity contribution in [1.82, 2.24) is 10.2 Å². The Kier molecular flexibility index (Phi) is 6.72. The second-order valence-electron chi connectivity index (χ2n) is 6.63. The third-order valence-corrected chi connectivity index (χ3v) is 4.85. The van der Waals surface area contributed by atoms with Crippen LogP contribution in [0.3, 0.4) is 0 Å². The standard InChI is InChI=1S/C19H32N2/c1-4-21(5-2)15-18-11-9-17(10-12-18)14-20-19-8-6-7-16(3)13-19/h9-12,16,19-20H,4-8,13-15H2,1-3H3. The molecule has 0 bridgehead atoms. The van der Waals surface area contributed by atoms with Crippen LogP contribution in [0.4, 0.5) is 0 Å². The Balaban J connectivity index is 1.79. The van der Waals surface area contributed by atoms with Gasteiger partial charge in [0, 0.05) is 19.1 Å². The van der Waals surface area contributed by atoms with E-state index in [2.05, 4.69) is 55.3 Å². The molecule has 0 aliphatic heterocycles. The van der Waals surface area contributed by atoms with Gasteiger partial charge in [-0.15, -0.1) is 0 Å². The molecule has 118 valence electrons. The molecule has 1 aliphatic carbocycles. The van der Waals surface area contributed by atoms with Crippen LogP contribution in [-0.2, 0) is 13.1 Å². The fourth-order valence-electron chi connectivity index (χ4n) is 3.35. The van der Waals surface area contributed by atoms with Gasteiger partial charge in [0.2, 0.25) is 0 Å². The number of nitrogens with one attached hydrogen (secondary N) is 1. The van der Waals surface area contributed by atoms with Gasteiger partial charge < -0.3 is 5.32 Å². The van der Waals surface area contributed by atoms with Gasteiger partial charge in [-0.25, -0.2) is 0 Å². The lowest BCUT2D eigenvalue weighted by Gasteiger charge is -2.27. The summed E-state index contributed by atoms with van der Waals surface area (Å²) in [6.07, 6.45) is 5.50. The summed E-state index contributed by atoms with van der Waals surface area (Å²) >= 11 is 0. The van der Waals surface area contributed by atoms with E-state index in [1.165, 1.54) is 36.8 Å². The molecule has 2 atom stereocenters. The summed E-state index contributed by atoms with van der Waals surface area (Å²) < 4.78 is 0. The normalized spacial score (nSPS) is 22.7. The van der Waals surface area contributed by atoms with E-state index < -0.39 is 0 Å². The topological polar surface area (TPSA) is 15.3 Å². The first-order valence-corrected chi connectivity index (χ1v) is 8.74. The molecule has 1 aromatic rings. The lowest BCUT2D eigenvalue weighted by molar-refractivity contribution is 0.295. The van der Waals surface area contributed by atoms with Gasteiger partial charge in [0.05, 0.1) is 0 Å². The fraction of sp³-hybridized carbons (Fsp3) is 0.684. The average Bonchev–Trinajstić information content (AvgIpc) is 2.52. The van der Waals surface area contributed by atoms with Crippen molar-refractivity contribution in [2.24, 2.45) is 5.92 Å². The first kappa shape index (κ1) is 16.5. The van der Waals surface area contributed by atoms with E-state index in [0.29, 0.717) is 0 Å². The van der Waals surface area contributed by atoms with Crippen LogP contribution in [0.1, 0.15) is 57.6 Å². The van der Waals surface area contributed by atoms with Gasteiger partial charge in [-0.05, 0) is 43.0 Å². The molecule has 21 heavy (non-hydrogen) atoms. The van der Waals surface area contributed by atoms with Crippen molar-refractivity contribution in [2.45, 2.75) is 65.6 Å². The fourth-order valence-corrected chi connectivity index (χ4v) is 3.35. The van der Waals surface area contributed by atoms with Gasteiger partial charge in [0.15, 0.2) is 0 Å². The van der Waals surface area contributed by atoms with Crippen LogP contribution in [0.25, 0.3) is 0 Å². The predicted octanol–water partition coefficient (Wildman–Crippen LogP) is 4.20. The maximum absolute atomic E-state index is 3.74. The van der Waals surface area contributed by atoms with Gasteiger partial charge >= 0.3 is 0 Å². The lowest BCUT2D eigenvalue weighted by atomic mass is 9.87. The molecule has 1 saturated carbocycles. The summed E-state index contributed by atoms with van der Waals surface area (Å²) in [5.74, 6) is 0.896. The number of hydrogen-bond acceptors (Lipinski definition) is 2. The Hall–Kier alpha value is -0.860. The summed E-state index contributed by atoms with van der Waals surface area (Å²) in [7, 11) is 0. The second kappa shape index (κ2) is 8.55. The van der Waals surface area contributed by atoms with Crippen LogP contribution in [0.2, 0.25) is 0 Å². The maximum atomic E-state index is 3.74. The molecular formula is C19H32N2. The largest absolute Gasteiger partial charge is 0.310 e. The molecule has 2 heteroatoms. The van der Waals surface area contributed by atoms with Crippen LogP contribution in [0, 0.1) is 5.92 Å². The van der Waals surface area contributed by atoms with E-state index in [9.17, 15) is 0 Å². The van der Waals surface area contributed by atoms with Gasteiger partial charge in [0.25, 0.3) is 0 Å². The summed E-state index contributed by atoms with van der Waals surface area (Å²) in [5, 5.41) is 3.74. The van der Waals surface area contributed by atoms with Gasteiger partial charge in [-0.1, -0.05) is 57.9 Å². The van der Waals surface area contributed by atoms with E-state index in [-0.39, 0.29) is 0 Å². The van der Waals surface area contributed by atoms with Crippen molar-refractivity contribution in [2.75, 3.05) is 13.1 Å². The average molecular weight is 288 g/mol. The highest BCUT2D eigenvalue weighted by Gasteiger charge is 2.17. The highest BCUT2D eigenvalue weighted by Crippen LogP contribution is 2.23. The zero-order valence-corrected chi connectivity index (χ0v) is 14.1. The number of rotatable bonds is 7. The molecule has 0 radical (unpaired) electrons.